The fourth-order valence-corrected chi connectivity index (χ4v) is 17.4. The molecule has 0 aliphatic rings. The van der Waals surface area contributed by atoms with Crippen LogP contribution in [0.25, 0.3) is 0 Å². The first-order valence-electron chi connectivity index (χ1n) is 7.35. The Bertz CT molecular complexity index is 254. The molecule has 0 spiro atoms. The summed E-state index contributed by atoms with van der Waals surface area (Å²) in [4.78, 5) is 0. The summed E-state index contributed by atoms with van der Waals surface area (Å²) < 4.78 is 19.7. The van der Waals surface area contributed by atoms with Crippen LogP contribution in [-0.2, 0) is 12.3 Å². The topological polar surface area (TPSA) is 27.7 Å². The molecule has 0 aromatic carbocycles. The lowest BCUT2D eigenvalue weighted by Gasteiger charge is -2.42. The normalized spacial score (nSPS) is 14.7. The van der Waals surface area contributed by atoms with Crippen molar-refractivity contribution in [2.75, 3.05) is 5.33 Å². The Morgan fingerprint density at radius 1 is 0.650 bits per heavy atom. The Kier molecular flexibility index (Phi) is 8.14. The summed E-state index contributed by atoms with van der Waals surface area (Å²) in [6.07, 6.45) is 1.05. The average Bonchev–Trinajstić information content (AvgIpc) is 2.05. The van der Waals surface area contributed by atoms with Crippen molar-refractivity contribution >= 4 is 49.7 Å². The molecule has 8 heteroatoms. The van der Waals surface area contributed by atoms with E-state index in [2.05, 4.69) is 74.9 Å². The lowest BCUT2D eigenvalue weighted by Crippen LogP contribution is -2.60. The van der Waals surface area contributed by atoms with Gasteiger partial charge in [-0.15, -0.1) is 0 Å². The van der Waals surface area contributed by atoms with E-state index in [1.165, 1.54) is 0 Å². The van der Waals surface area contributed by atoms with E-state index in [4.69, 9.17) is 12.3 Å². The molecule has 3 nitrogen and oxygen atoms in total. The molecule has 0 amide bonds. The molecule has 0 atom stereocenters. The van der Waals surface area contributed by atoms with Crippen molar-refractivity contribution in [1.29, 1.82) is 0 Å². The van der Waals surface area contributed by atoms with Gasteiger partial charge in [0.25, 0.3) is 0 Å². The van der Waals surface area contributed by atoms with Crippen LogP contribution in [0.1, 0.15) is 6.42 Å². The first-order valence-corrected chi connectivity index (χ1v) is 20.6. The van der Waals surface area contributed by atoms with Crippen LogP contribution in [0.15, 0.2) is 0 Å². The van der Waals surface area contributed by atoms with Crippen LogP contribution in [0, 0.1) is 0 Å². The van der Waals surface area contributed by atoms with Crippen LogP contribution in [0.2, 0.25) is 65.0 Å². The third kappa shape index (κ3) is 10.9. The van der Waals surface area contributed by atoms with Gasteiger partial charge in [0.05, 0.1) is 0 Å². The largest absolute Gasteiger partial charge is 0.469 e. The molecule has 0 radical (unpaired) electrons. The first kappa shape index (κ1) is 21.2. The minimum absolute atomic E-state index is 0.928. The number of rotatable bonds is 9. The van der Waals surface area contributed by atoms with Crippen molar-refractivity contribution < 1.29 is 12.3 Å². The van der Waals surface area contributed by atoms with Crippen LogP contribution in [0.3, 0.4) is 0 Å². The van der Waals surface area contributed by atoms with Gasteiger partial charge in [-0.2, -0.15) is 0 Å². The molecule has 0 unspecified atom stereocenters. The van der Waals surface area contributed by atoms with E-state index in [0.29, 0.717) is 0 Å². The van der Waals surface area contributed by atoms with Gasteiger partial charge in [0.15, 0.2) is 25.0 Å². The molecule has 0 rings (SSSR count). The number of alkyl halides is 1. The standard InChI is InChI=1S/C12H33BrO3Si4/c1-17(2,3)14-20(12-10-11-13,15-18(4,5)6)16-19(7,8)9/h10-12H2,1-9H3. The highest BCUT2D eigenvalue weighted by Gasteiger charge is 2.49. The van der Waals surface area contributed by atoms with Gasteiger partial charge < -0.3 is 12.3 Å². The molecule has 0 N–H and O–H groups in total. The molecule has 0 aromatic rings. The molecule has 0 aliphatic carbocycles. The van der Waals surface area contributed by atoms with Crippen LogP contribution >= 0.6 is 15.9 Å². The lowest BCUT2D eigenvalue weighted by molar-refractivity contribution is 0.251. The second kappa shape index (κ2) is 7.67. The zero-order valence-corrected chi connectivity index (χ0v) is 20.3. The maximum Gasteiger partial charge on any atom is 0.469 e. The first-order chi connectivity index (χ1) is 8.68. The highest BCUT2D eigenvalue weighted by Crippen LogP contribution is 2.29. The van der Waals surface area contributed by atoms with Gasteiger partial charge in [-0.3, -0.25) is 0 Å². The van der Waals surface area contributed by atoms with Gasteiger partial charge in [-0.05, 0) is 65.3 Å². The zero-order valence-electron chi connectivity index (χ0n) is 14.7. The quantitative estimate of drug-likeness (QED) is 0.378. The smallest absolute Gasteiger partial charge is 0.417 e. The average molecular weight is 418 g/mol. The molecular weight excluding hydrogens is 384 g/mol. The number of hydrogen-bond acceptors (Lipinski definition) is 3. The Hall–Kier alpha value is 1.23. The van der Waals surface area contributed by atoms with Crippen LogP contribution in [0.5, 0.6) is 0 Å². The van der Waals surface area contributed by atoms with Gasteiger partial charge in [-0.25, -0.2) is 0 Å². The minimum atomic E-state index is -2.57. The molecule has 0 aromatic heterocycles. The maximum absolute atomic E-state index is 6.56. The minimum Gasteiger partial charge on any atom is -0.417 e. The number of hydrogen-bond donors (Lipinski definition) is 0. The van der Waals surface area contributed by atoms with Gasteiger partial charge in [0.1, 0.15) is 0 Å². The van der Waals surface area contributed by atoms with Crippen LogP contribution < -0.4 is 0 Å². The van der Waals surface area contributed by atoms with E-state index in [9.17, 15) is 0 Å². The van der Waals surface area contributed by atoms with E-state index in [-0.39, 0.29) is 0 Å². The summed E-state index contributed by atoms with van der Waals surface area (Å²) in [5.41, 5.74) is 0. The molecular formula is C12H33BrO3Si4. The van der Waals surface area contributed by atoms with Gasteiger partial charge in [0.2, 0.25) is 0 Å². The van der Waals surface area contributed by atoms with E-state index < -0.39 is 33.8 Å². The molecule has 0 saturated carbocycles. The van der Waals surface area contributed by atoms with Crippen molar-refractivity contribution in [1.82, 2.24) is 0 Å². The van der Waals surface area contributed by atoms with Gasteiger partial charge in [-0.1, -0.05) is 15.9 Å². The molecule has 20 heavy (non-hydrogen) atoms. The molecule has 0 aliphatic heterocycles. The monoisotopic (exact) mass is 416 g/mol. The highest BCUT2D eigenvalue weighted by molar-refractivity contribution is 9.09. The van der Waals surface area contributed by atoms with Crippen molar-refractivity contribution in [3.05, 3.63) is 0 Å². The zero-order chi connectivity index (χ0) is 16.2. The maximum atomic E-state index is 6.56. The Morgan fingerprint density at radius 2 is 0.950 bits per heavy atom. The summed E-state index contributed by atoms with van der Waals surface area (Å²) >= 11 is 3.53. The van der Waals surface area contributed by atoms with Gasteiger partial charge >= 0.3 is 8.80 Å². The molecule has 0 bridgehead atoms. The van der Waals surface area contributed by atoms with E-state index >= 15 is 0 Å². The van der Waals surface area contributed by atoms with Crippen LogP contribution in [0.4, 0.5) is 0 Å². The summed E-state index contributed by atoms with van der Waals surface area (Å²) in [6.45, 7) is 20.0. The van der Waals surface area contributed by atoms with Crippen LogP contribution in [-0.4, -0.2) is 39.1 Å². The van der Waals surface area contributed by atoms with E-state index in [0.717, 1.165) is 17.8 Å². The van der Waals surface area contributed by atoms with Gasteiger partial charge in [0, 0.05) is 11.4 Å². The third-order valence-corrected chi connectivity index (χ3v) is 14.6. The summed E-state index contributed by atoms with van der Waals surface area (Å²) in [6, 6.07) is 0.928. The fraction of sp³-hybridized carbons (Fsp3) is 1.00. The fourth-order valence-electron chi connectivity index (χ4n) is 1.90. The summed E-state index contributed by atoms with van der Waals surface area (Å²) in [7, 11) is -7.67. The van der Waals surface area contributed by atoms with Crippen molar-refractivity contribution in [2.24, 2.45) is 0 Å². The van der Waals surface area contributed by atoms with Crippen molar-refractivity contribution in [3.8, 4) is 0 Å². The Labute approximate surface area is 138 Å². The lowest BCUT2D eigenvalue weighted by atomic mass is 10.6. The van der Waals surface area contributed by atoms with E-state index in [1.807, 2.05) is 0 Å². The SMILES string of the molecule is C[Si](C)(C)O[Si](CCCBr)(O[Si](C)(C)C)O[Si](C)(C)C. The van der Waals surface area contributed by atoms with E-state index in [1.54, 1.807) is 0 Å². The molecule has 0 fully saturated rings. The Balaban J connectivity index is 5.38. The number of halogens is 1. The molecule has 0 saturated heterocycles. The molecule has 122 valence electrons. The predicted molar refractivity (Wildman–Crippen MR) is 102 cm³/mol. The van der Waals surface area contributed by atoms with Crippen molar-refractivity contribution in [2.45, 2.75) is 71.4 Å². The second-order valence-electron chi connectivity index (χ2n) is 8.12. The molecule has 0 heterocycles. The van der Waals surface area contributed by atoms with Crippen molar-refractivity contribution in [3.63, 3.8) is 0 Å². The summed E-state index contributed by atoms with van der Waals surface area (Å²) in [5.74, 6) is 0. The highest BCUT2D eigenvalue weighted by atomic mass is 79.9. The third-order valence-electron chi connectivity index (χ3n) is 2.00. The second-order valence-corrected chi connectivity index (χ2v) is 25.9. The Morgan fingerprint density at radius 3 is 1.15 bits per heavy atom. The summed E-state index contributed by atoms with van der Waals surface area (Å²) in [5, 5.41) is 0.973. The predicted octanol–water partition coefficient (Wildman–Crippen LogP) is 5.26.